The number of nitrogens with one attached hydrogen (secondary N) is 1. The Morgan fingerprint density at radius 3 is 2.61 bits per heavy atom. The van der Waals surface area contributed by atoms with Crippen LogP contribution in [0.1, 0.15) is 24.1 Å². The standard InChI is InChI=1S/C13H13N3O2/c17-16(18)10-7-5-9(6-8-10)13-11-3-1-2-4-12(11)14-15-13/h5-8H,1-4H2,(H,14,15). The fourth-order valence-corrected chi connectivity index (χ4v) is 2.46. The van der Waals surface area contributed by atoms with E-state index in [1.807, 2.05) is 0 Å². The van der Waals surface area contributed by atoms with E-state index < -0.39 is 0 Å². The number of nitrogens with zero attached hydrogens (tertiary/aromatic N) is 2. The van der Waals surface area contributed by atoms with Crippen molar-refractivity contribution in [3.8, 4) is 11.3 Å². The Bertz CT molecular complexity index is 587. The monoisotopic (exact) mass is 243 g/mol. The second kappa shape index (κ2) is 4.25. The van der Waals surface area contributed by atoms with Crippen LogP contribution in [-0.2, 0) is 12.8 Å². The first-order valence-corrected chi connectivity index (χ1v) is 6.06. The highest BCUT2D eigenvalue weighted by molar-refractivity contribution is 5.65. The smallest absolute Gasteiger partial charge is 0.269 e. The molecule has 0 bridgehead atoms. The van der Waals surface area contributed by atoms with E-state index in [0.717, 1.165) is 24.1 Å². The Labute approximate surface area is 104 Å². The van der Waals surface area contributed by atoms with Gasteiger partial charge in [-0.2, -0.15) is 5.10 Å². The summed E-state index contributed by atoms with van der Waals surface area (Å²) in [6, 6.07) is 6.59. The first-order chi connectivity index (χ1) is 8.75. The fraction of sp³-hybridized carbons (Fsp3) is 0.308. The Morgan fingerprint density at radius 1 is 1.17 bits per heavy atom. The van der Waals surface area contributed by atoms with Crippen LogP contribution in [-0.4, -0.2) is 15.1 Å². The van der Waals surface area contributed by atoms with Crippen molar-refractivity contribution in [1.29, 1.82) is 0 Å². The lowest BCUT2D eigenvalue weighted by atomic mass is 9.94. The molecule has 3 rings (SSSR count). The number of fused-ring (bicyclic) bond motifs is 1. The third kappa shape index (κ3) is 1.77. The minimum Gasteiger partial charge on any atom is -0.282 e. The third-order valence-electron chi connectivity index (χ3n) is 3.41. The molecular formula is C13H13N3O2. The van der Waals surface area contributed by atoms with Crippen LogP contribution in [0.5, 0.6) is 0 Å². The van der Waals surface area contributed by atoms with Gasteiger partial charge < -0.3 is 0 Å². The molecule has 5 heteroatoms. The number of aryl methyl sites for hydroxylation is 1. The van der Waals surface area contributed by atoms with Crippen LogP contribution in [0.25, 0.3) is 11.3 Å². The number of hydrogen-bond donors (Lipinski definition) is 1. The van der Waals surface area contributed by atoms with E-state index in [1.54, 1.807) is 12.1 Å². The summed E-state index contributed by atoms with van der Waals surface area (Å²) in [6.45, 7) is 0. The lowest BCUT2D eigenvalue weighted by Crippen LogP contribution is -2.01. The summed E-state index contributed by atoms with van der Waals surface area (Å²) in [4.78, 5) is 10.2. The molecule has 1 aromatic carbocycles. The number of aromatic nitrogens is 2. The molecule has 0 aliphatic heterocycles. The molecule has 1 aromatic heterocycles. The quantitative estimate of drug-likeness (QED) is 0.651. The minimum atomic E-state index is -0.385. The lowest BCUT2D eigenvalue weighted by Gasteiger charge is -2.10. The number of hydrogen-bond acceptors (Lipinski definition) is 3. The summed E-state index contributed by atoms with van der Waals surface area (Å²) in [7, 11) is 0. The summed E-state index contributed by atoms with van der Waals surface area (Å²) in [6.07, 6.45) is 4.48. The van der Waals surface area contributed by atoms with Gasteiger partial charge in [-0.05, 0) is 37.8 Å². The molecule has 1 aliphatic rings. The molecule has 2 aromatic rings. The van der Waals surface area contributed by atoms with Crippen molar-refractivity contribution in [1.82, 2.24) is 10.2 Å². The van der Waals surface area contributed by atoms with Gasteiger partial charge in [0.25, 0.3) is 5.69 Å². The van der Waals surface area contributed by atoms with E-state index >= 15 is 0 Å². The van der Waals surface area contributed by atoms with E-state index in [1.165, 1.54) is 36.2 Å². The van der Waals surface area contributed by atoms with Crippen molar-refractivity contribution in [2.75, 3.05) is 0 Å². The molecule has 1 aliphatic carbocycles. The molecule has 0 saturated heterocycles. The number of rotatable bonds is 2. The molecule has 0 radical (unpaired) electrons. The number of non-ortho nitro benzene ring substituents is 1. The fourth-order valence-electron chi connectivity index (χ4n) is 2.46. The Morgan fingerprint density at radius 2 is 1.89 bits per heavy atom. The summed E-state index contributed by atoms with van der Waals surface area (Å²) in [5.74, 6) is 0. The van der Waals surface area contributed by atoms with Gasteiger partial charge in [-0.15, -0.1) is 0 Å². The zero-order chi connectivity index (χ0) is 12.5. The molecule has 18 heavy (non-hydrogen) atoms. The SMILES string of the molecule is O=[N+]([O-])c1ccc(-c2n[nH]c3c2CCCC3)cc1. The number of H-pyrrole nitrogens is 1. The van der Waals surface area contributed by atoms with Gasteiger partial charge in [-0.25, -0.2) is 0 Å². The second-order valence-corrected chi connectivity index (χ2v) is 4.54. The zero-order valence-electron chi connectivity index (χ0n) is 9.85. The van der Waals surface area contributed by atoms with Gasteiger partial charge in [0, 0.05) is 29.0 Å². The molecule has 0 fully saturated rings. The predicted molar refractivity (Wildman–Crippen MR) is 67.3 cm³/mol. The Kier molecular flexibility index (Phi) is 2.59. The summed E-state index contributed by atoms with van der Waals surface area (Å²) in [5.41, 5.74) is 4.49. The van der Waals surface area contributed by atoms with Crippen molar-refractivity contribution in [2.24, 2.45) is 0 Å². The molecule has 0 atom stereocenters. The van der Waals surface area contributed by atoms with E-state index in [-0.39, 0.29) is 10.6 Å². The van der Waals surface area contributed by atoms with E-state index in [0.29, 0.717) is 0 Å². The highest BCUT2D eigenvalue weighted by atomic mass is 16.6. The largest absolute Gasteiger partial charge is 0.282 e. The molecule has 1 heterocycles. The first-order valence-electron chi connectivity index (χ1n) is 6.06. The highest BCUT2D eigenvalue weighted by Gasteiger charge is 2.18. The van der Waals surface area contributed by atoms with Crippen LogP contribution in [0.15, 0.2) is 24.3 Å². The second-order valence-electron chi connectivity index (χ2n) is 4.54. The van der Waals surface area contributed by atoms with E-state index in [2.05, 4.69) is 10.2 Å². The maximum absolute atomic E-state index is 10.6. The van der Waals surface area contributed by atoms with Crippen molar-refractivity contribution in [3.05, 3.63) is 45.6 Å². The van der Waals surface area contributed by atoms with Gasteiger partial charge in [0.05, 0.1) is 10.6 Å². The van der Waals surface area contributed by atoms with Crippen LogP contribution < -0.4 is 0 Å². The zero-order valence-corrected chi connectivity index (χ0v) is 9.85. The Balaban J connectivity index is 1.99. The summed E-state index contributed by atoms with van der Waals surface area (Å²) < 4.78 is 0. The lowest BCUT2D eigenvalue weighted by molar-refractivity contribution is -0.384. The molecule has 0 amide bonds. The average molecular weight is 243 g/mol. The van der Waals surface area contributed by atoms with Crippen LogP contribution in [0, 0.1) is 10.1 Å². The maximum Gasteiger partial charge on any atom is 0.269 e. The van der Waals surface area contributed by atoms with Crippen LogP contribution in [0.2, 0.25) is 0 Å². The summed E-state index contributed by atoms with van der Waals surface area (Å²) in [5, 5.41) is 18.0. The van der Waals surface area contributed by atoms with Gasteiger partial charge in [-0.3, -0.25) is 15.2 Å². The molecule has 0 saturated carbocycles. The third-order valence-corrected chi connectivity index (χ3v) is 3.41. The number of aromatic amines is 1. The van der Waals surface area contributed by atoms with E-state index in [4.69, 9.17) is 0 Å². The predicted octanol–water partition coefficient (Wildman–Crippen LogP) is 2.86. The topological polar surface area (TPSA) is 71.8 Å². The van der Waals surface area contributed by atoms with Crippen molar-refractivity contribution >= 4 is 5.69 Å². The molecular weight excluding hydrogens is 230 g/mol. The Hall–Kier alpha value is -2.17. The van der Waals surface area contributed by atoms with E-state index in [9.17, 15) is 10.1 Å². The molecule has 1 N–H and O–H groups in total. The van der Waals surface area contributed by atoms with Crippen LogP contribution in [0.4, 0.5) is 5.69 Å². The van der Waals surface area contributed by atoms with Crippen LogP contribution >= 0.6 is 0 Å². The molecule has 92 valence electrons. The van der Waals surface area contributed by atoms with Gasteiger partial charge in [0.1, 0.15) is 0 Å². The van der Waals surface area contributed by atoms with Gasteiger partial charge in [-0.1, -0.05) is 0 Å². The van der Waals surface area contributed by atoms with Crippen molar-refractivity contribution < 1.29 is 4.92 Å². The number of nitro groups is 1. The number of nitro benzene ring substituents is 1. The van der Waals surface area contributed by atoms with Gasteiger partial charge in [0.15, 0.2) is 0 Å². The maximum atomic E-state index is 10.6. The molecule has 5 nitrogen and oxygen atoms in total. The van der Waals surface area contributed by atoms with Gasteiger partial charge >= 0.3 is 0 Å². The normalized spacial score (nSPS) is 14.2. The highest BCUT2D eigenvalue weighted by Crippen LogP contribution is 2.30. The molecule has 0 spiro atoms. The first kappa shape index (κ1) is 11.0. The molecule has 0 unspecified atom stereocenters. The average Bonchev–Trinajstić information content (AvgIpc) is 2.82. The van der Waals surface area contributed by atoms with Crippen molar-refractivity contribution in [2.45, 2.75) is 25.7 Å². The van der Waals surface area contributed by atoms with Gasteiger partial charge in [0.2, 0.25) is 0 Å². The summed E-state index contributed by atoms with van der Waals surface area (Å²) >= 11 is 0. The van der Waals surface area contributed by atoms with Crippen LogP contribution in [0.3, 0.4) is 0 Å². The minimum absolute atomic E-state index is 0.114. The number of benzene rings is 1. The van der Waals surface area contributed by atoms with Crippen molar-refractivity contribution in [3.63, 3.8) is 0 Å².